The molecule has 1 saturated carbocycles. The Kier molecular flexibility index (Phi) is 5.37. The van der Waals surface area contributed by atoms with Crippen LogP contribution in [0.4, 0.5) is 0 Å². The molecule has 0 unspecified atom stereocenters. The van der Waals surface area contributed by atoms with Crippen molar-refractivity contribution in [1.29, 1.82) is 0 Å². The highest BCUT2D eigenvalue weighted by Crippen LogP contribution is 2.27. The summed E-state index contributed by atoms with van der Waals surface area (Å²) in [4.78, 5) is 40.4. The Bertz CT molecular complexity index is 705. The summed E-state index contributed by atoms with van der Waals surface area (Å²) in [7, 11) is 0. The molecule has 140 valence electrons. The predicted molar refractivity (Wildman–Crippen MR) is 101 cm³/mol. The van der Waals surface area contributed by atoms with Gasteiger partial charge in [0, 0.05) is 36.7 Å². The van der Waals surface area contributed by atoms with Gasteiger partial charge in [0.05, 0.1) is 5.41 Å². The van der Waals surface area contributed by atoms with Crippen LogP contribution < -0.4 is 5.32 Å². The highest BCUT2D eigenvalue weighted by molar-refractivity contribution is 9.10. The molecule has 0 radical (unpaired) electrons. The van der Waals surface area contributed by atoms with Gasteiger partial charge in [0.25, 0.3) is 0 Å². The molecule has 2 fully saturated rings. The molecular weight excluding hydrogens is 398 g/mol. The number of carbonyl (C=O) groups excluding carboxylic acids is 3. The maximum Gasteiger partial charge on any atom is 0.312 e. The van der Waals surface area contributed by atoms with E-state index in [2.05, 4.69) is 21.2 Å². The van der Waals surface area contributed by atoms with Gasteiger partial charge in [-0.2, -0.15) is 0 Å². The van der Waals surface area contributed by atoms with Gasteiger partial charge in [-0.3, -0.25) is 14.4 Å². The Morgan fingerprint density at radius 2 is 1.54 bits per heavy atom. The molecule has 1 aromatic carbocycles. The first-order valence-electron chi connectivity index (χ1n) is 8.94. The summed E-state index contributed by atoms with van der Waals surface area (Å²) in [5.74, 6) is -0.979. The second-order valence-electron chi connectivity index (χ2n) is 7.46. The van der Waals surface area contributed by atoms with Crippen molar-refractivity contribution in [2.75, 3.05) is 26.2 Å². The van der Waals surface area contributed by atoms with Crippen LogP contribution in [0.3, 0.4) is 0 Å². The first-order chi connectivity index (χ1) is 12.3. The van der Waals surface area contributed by atoms with Gasteiger partial charge >= 0.3 is 11.8 Å². The zero-order valence-electron chi connectivity index (χ0n) is 15.1. The average molecular weight is 422 g/mol. The number of amides is 3. The second kappa shape index (κ2) is 7.39. The summed E-state index contributed by atoms with van der Waals surface area (Å²) >= 11 is 3.41. The van der Waals surface area contributed by atoms with E-state index in [0.29, 0.717) is 26.2 Å². The molecule has 0 bridgehead atoms. The SMILES string of the molecule is CC(C)(C(=O)N1CCN(C(=O)C(=O)NC2CC2)CC1)c1ccc(Br)cc1. The molecule has 0 aromatic heterocycles. The number of piperazine rings is 1. The summed E-state index contributed by atoms with van der Waals surface area (Å²) < 4.78 is 0.973. The highest BCUT2D eigenvalue weighted by Gasteiger charge is 2.37. The lowest BCUT2D eigenvalue weighted by molar-refractivity contribution is -0.149. The zero-order valence-corrected chi connectivity index (χ0v) is 16.7. The maximum atomic E-state index is 13.0. The van der Waals surface area contributed by atoms with Crippen LogP contribution >= 0.6 is 15.9 Å². The molecule has 2 aliphatic rings. The minimum atomic E-state index is -0.643. The van der Waals surface area contributed by atoms with Crippen LogP contribution in [-0.4, -0.2) is 59.7 Å². The molecule has 6 nitrogen and oxygen atoms in total. The zero-order chi connectivity index (χ0) is 18.9. The fourth-order valence-corrected chi connectivity index (χ4v) is 3.38. The monoisotopic (exact) mass is 421 g/mol. The number of rotatable bonds is 3. The Morgan fingerprint density at radius 3 is 2.08 bits per heavy atom. The number of benzene rings is 1. The van der Waals surface area contributed by atoms with Crippen LogP contribution in [0.15, 0.2) is 28.7 Å². The van der Waals surface area contributed by atoms with Gasteiger partial charge in [-0.15, -0.1) is 0 Å². The minimum Gasteiger partial charge on any atom is -0.345 e. The van der Waals surface area contributed by atoms with Crippen molar-refractivity contribution < 1.29 is 14.4 Å². The van der Waals surface area contributed by atoms with E-state index in [1.807, 2.05) is 38.1 Å². The van der Waals surface area contributed by atoms with Crippen LogP contribution in [-0.2, 0) is 19.8 Å². The number of hydrogen-bond acceptors (Lipinski definition) is 3. The molecule has 1 N–H and O–H groups in total. The number of halogens is 1. The van der Waals surface area contributed by atoms with Crippen molar-refractivity contribution >= 4 is 33.7 Å². The van der Waals surface area contributed by atoms with Crippen molar-refractivity contribution in [3.05, 3.63) is 34.3 Å². The third-order valence-corrected chi connectivity index (χ3v) is 5.59. The third-order valence-electron chi connectivity index (χ3n) is 5.06. The van der Waals surface area contributed by atoms with Crippen LogP contribution in [0.25, 0.3) is 0 Å². The van der Waals surface area contributed by atoms with Gasteiger partial charge < -0.3 is 15.1 Å². The normalized spacial score (nSPS) is 17.8. The molecule has 3 amide bonds. The average Bonchev–Trinajstić information content (AvgIpc) is 3.45. The molecule has 1 aliphatic heterocycles. The largest absolute Gasteiger partial charge is 0.345 e. The Labute approximate surface area is 162 Å². The second-order valence-corrected chi connectivity index (χ2v) is 8.38. The van der Waals surface area contributed by atoms with Gasteiger partial charge in [0.2, 0.25) is 5.91 Å². The summed E-state index contributed by atoms with van der Waals surface area (Å²) in [6.45, 7) is 5.50. The van der Waals surface area contributed by atoms with E-state index in [0.717, 1.165) is 22.9 Å². The van der Waals surface area contributed by atoms with Crippen molar-refractivity contribution in [2.24, 2.45) is 0 Å². The molecular formula is C19H24BrN3O3. The third kappa shape index (κ3) is 4.09. The summed E-state index contributed by atoms with van der Waals surface area (Å²) in [5.41, 5.74) is 0.309. The molecule has 1 aliphatic carbocycles. The van der Waals surface area contributed by atoms with Crippen molar-refractivity contribution in [3.63, 3.8) is 0 Å². The fraction of sp³-hybridized carbons (Fsp3) is 0.526. The first kappa shape index (κ1) is 18.9. The van der Waals surface area contributed by atoms with E-state index in [1.54, 1.807) is 4.90 Å². The lowest BCUT2D eigenvalue weighted by atomic mass is 9.83. The van der Waals surface area contributed by atoms with Crippen LogP contribution in [0.2, 0.25) is 0 Å². The number of hydrogen-bond donors (Lipinski definition) is 1. The Morgan fingerprint density at radius 1 is 1.00 bits per heavy atom. The van der Waals surface area contributed by atoms with Crippen molar-refractivity contribution in [3.8, 4) is 0 Å². The minimum absolute atomic E-state index is 0.0364. The number of carbonyl (C=O) groups is 3. The van der Waals surface area contributed by atoms with Crippen molar-refractivity contribution in [1.82, 2.24) is 15.1 Å². The molecule has 26 heavy (non-hydrogen) atoms. The maximum absolute atomic E-state index is 13.0. The summed E-state index contributed by atoms with van der Waals surface area (Å²) in [6.07, 6.45) is 1.90. The number of nitrogens with zero attached hydrogens (tertiary/aromatic N) is 2. The Hall–Kier alpha value is -1.89. The molecule has 1 aromatic rings. The first-order valence-corrected chi connectivity index (χ1v) is 9.73. The van der Waals surface area contributed by atoms with Crippen molar-refractivity contribution in [2.45, 2.75) is 38.1 Å². The molecule has 7 heteroatoms. The molecule has 1 saturated heterocycles. The van der Waals surface area contributed by atoms with Gasteiger partial charge in [-0.05, 0) is 44.4 Å². The standard InChI is InChI=1S/C19H24BrN3O3/c1-19(2,13-3-5-14(20)6-4-13)18(26)23-11-9-22(10-12-23)17(25)16(24)21-15-7-8-15/h3-6,15H,7-12H2,1-2H3,(H,21,24). The van der Waals surface area contributed by atoms with E-state index in [9.17, 15) is 14.4 Å². The highest BCUT2D eigenvalue weighted by atomic mass is 79.9. The summed E-state index contributed by atoms with van der Waals surface area (Å²) in [6, 6.07) is 7.92. The topological polar surface area (TPSA) is 69.7 Å². The fourth-order valence-electron chi connectivity index (χ4n) is 3.12. The van der Waals surface area contributed by atoms with Gasteiger partial charge in [-0.1, -0.05) is 28.1 Å². The van der Waals surface area contributed by atoms with Gasteiger partial charge in [0.1, 0.15) is 0 Å². The van der Waals surface area contributed by atoms with E-state index >= 15 is 0 Å². The summed E-state index contributed by atoms with van der Waals surface area (Å²) in [5, 5.41) is 2.72. The molecule has 1 heterocycles. The predicted octanol–water partition coefficient (Wildman–Crippen LogP) is 1.68. The van der Waals surface area contributed by atoms with E-state index < -0.39 is 17.2 Å². The molecule has 3 rings (SSSR count). The van der Waals surface area contributed by atoms with Gasteiger partial charge in [-0.25, -0.2) is 0 Å². The van der Waals surface area contributed by atoms with Crippen LogP contribution in [0.5, 0.6) is 0 Å². The quantitative estimate of drug-likeness (QED) is 0.754. The van der Waals surface area contributed by atoms with E-state index in [4.69, 9.17) is 0 Å². The lowest BCUT2D eigenvalue weighted by Crippen LogP contribution is -2.56. The smallest absolute Gasteiger partial charge is 0.312 e. The van der Waals surface area contributed by atoms with Crippen LogP contribution in [0.1, 0.15) is 32.3 Å². The lowest BCUT2D eigenvalue weighted by Gasteiger charge is -2.38. The molecule has 0 spiro atoms. The van der Waals surface area contributed by atoms with E-state index in [-0.39, 0.29) is 11.9 Å². The van der Waals surface area contributed by atoms with E-state index in [1.165, 1.54) is 4.90 Å². The Balaban J connectivity index is 1.58. The van der Waals surface area contributed by atoms with Gasteiger partial charge in [0.15, 0.2) is 0 Å². The molecule has 0 atom stereocenters. The number of nitrogens with one attached hydrogen (secondary N) is 1. The van der Waals surface area contributed by atoms with Crippen LogP contribution in [0, 0.1) is 0 Å².